The van der Waals surface area contributed by atoms with Gasteiger partial charge >= 0.3 is 24.7 Å². The molecule has 0 N–H and O–H groups in total. The van der Waals surface area contributed by atoms with Crippen LogP contribution in [0.3, 0.4) is 0 Å². The lowest BCUT2D eigenvalue weighted by molar-refractivity contribution is -0.346. The van der Waals surface area contributed by atoms with Crippen LogP contribution in [-0.4, -0.2) is 30.4 Å². The highest BCUT2D eigenvalue weighted by Gasteiger charge is 2.97. The molecule has 1 aliphatic rings. The third-order valence-corrected chi connectivity index (χ3v) is 5.80. The molecule has 0 amide bonds. The van der Waals surface area contributed by atoms with Gasteiger partial charge in [-0.15, -0.1) is 0 Å². The van der Waals surface area contributed by atoms with E-state index in [0.29, 0.717) is 0 Å². The maximum atomic E-state index is 14.5. The third kappa shape index (κ3) is 4.02. The lowest BCUT2D eigenvalue weighted by atomic mass is 9.53. The molecular formula is C21H18F12N4. The number of hydrogen-bond donors (Lipinski definition) is 0. The Kier molecular flexibility index (Phi) is 7.17. The van der Waals surface area contributed by atoms with Crippen molar-refractivity contribution < 1.29 is 52.7 Å². The van der Waals surface area contributed by atoms with Crippen molar-refractivity contribution in [2.24, 2.45) is 32.1 Å². The first-order valence-corrected chi connectivity index (χ1v) is 9.89. The van der Waals surface area contributed by atoms with Crippen LogP contribution in [0.2, 0.25) is 0 Å². The van der Waals surface area contributed by atoms with Crippen LogP contribution in [0.4, 0.5) is 52.7 Å². The van der Waals surface area contributed by atoms with Gasteiger partial charge in [0.1, 0.15) is 0 Å². The third-order valence-electron chi connectivity index (χ3n) is 5.80. The molecule has 0 unspecified atom stereocenters. The summed E-state index contributed by atoms with van der Waals surface area (Å²) in [5, 5.41) is 28.1. The largest absolute Gasteiger partial charge is 0.416 e. The van der Waals surface area contributed by atoms with Crippen LogP contribution >= 0.6 is 0 Å². The van der Waals surface area contributed by atoms with Crippen LogP contribution in [0.25, 0.3) is 0 Å². The Balaban J connectivity index is 5.09. The van der Waals surface area contributed by atoms with Gasteiger partial charge in [0, 0.05) is 16.5 Å². The van der Waals surface area contributed by atoms with E-state index in [1.165, 1.54) is 0 Å². The van der Waals surface area contributed by atoms with E-state index in [1.807, 2.05) is 0 Å². The highest BCUT2D eigenvalue weighted by Crippen LogP contribution is 2.79. The fourth-order valence-corrected chi connectivity index (χ4v) is 4.83. The minimum absolute atomic E-state index is 0.0962. The average molecular weight is 554 g/mol. The summed E-state index contributed by atoms with van der Waals surface area (Å²) in [6, 6.07) is -0.722. The molecule has 0 radical (unpaired) electrons. The van der Waals surface area contributed by atoms with Gasteiger partial charge in [0.25, 0.3) is 0 Å². The Morgan fingerprint density at radius 2 is 0.946 bits per heavy atom. The van der Waals surface area contributed by atoms with Crippen molar-refractivity contribution in [3.05, 3.63) is 11.3 Å². The van der Waals surface area contributed by atoms with E-state index in [2.05, 4.69) is 4.99 Å². The molecule has 4 nitrogen and oxygen atoms in total. The average Bonchev–Trinajstić information content (AvgIpc) is 2.87. The number of aliphatic imine (C=N–C) groups is 1. The Hall–Kier alpha value is -2.96. The second kappa shape index (κ2) is 8.27. The van der Waals surface area contributed by atoms with Crippen molar-refractivity contribution in [1.82, 2.24) is 0 Å². The second-order valence-corrected chi connectivity index (χ2v) is 10.3. The first-order valence-electron chi connectivity index (χ1n) is 9.89. The molecule has 0 bridgehead atoms. The number of halogens is 12. The zero-order chi connectivity index (χ0) is 30.1. The lowest BCUT2D eigenvalue weighted by Crippen LogP contribution is -2.66. The van der Waals surface area contributed by atoms with E-state index in [4.69, 9.17) is 0 Å². The molecular weight excluding hydrogens is 536 g/mol. The van der Waals surface area contributed by atoms with Crippen LogP contribution < -0.4 is 0 Å². The monoisotopic (exact) mass is 554 g/mol. The smallest absolute Gasteiger partial charge is 0.259 e. The van der Waals surface area contributed by atoms with E-state index in [1.54, 1.807) is 0 Å². The van der Waals surface area contributed by atoms with Crippen molar-refractivity contribution in [1.29, 1.82) is 15.8 Å². The molecule has 1 aliphatic carbocycles. The first kappa shape index (κ1) is 32.1. The number of alkyl halides is 12. The quantitative estimate of drug-likeness (QED) is 0.248. The Morgan fingerprint density at radius 3 is 1.14 bits per heavy atom. The zero-order valence-electron chi connectivity index (χ0n) is 19.8. The van der Waals surface area contributed by atoms with E-state index < -0.39 is 68.8 Å². The highest BCUT2D eigenvalue weighted by atomic mass is 19.4. The summed E-state index contributed by atoms with van der Waals surface area (Å²) in [6.45, 7) is 6.86. The van der Waals surface area contributed by atoms with E-state index in [0.717, 1.165) is 41.5 Å². The Morgan fingerprint density at radius 1 is 0.595 bits per heavy atom. The summed E-state index contributed by atoms with van der Waals surface area (Å²) >= 11 is 0. The summed E-state index contributed by atoms with van der Waals surface area (Å²) in [5.74, 6) is 0. The molecule has 1 rings (SSSR count). The summed E-state index contributed by atoms with van der Waals surface area (Å²) in [6.07, 6.45) is -27.9. The number of allylic oxidation sites excluding steroid dienone is 2. The van der Waals surface area contributed by atoms with Gasteiger partial charge < -0.3 is 0 Å². The highest BCUT2D eigenvalue weighted by molar-refractivity contribution is 5.95. The van der Waals surface area contributed by atoms with Gasteiger partial charge in [-0.2, -0.15) is 68.5 Å². The SMILES string of the molecule is CC(C)(C)C(=NC1=C(C(F)(F)F)[C@](C#N)(C(F)(F)F)[C@](C#N)(C(F)(F)F)[C@@]1(C#N)C(F)(F)F)C(C)(C)C. The van der Waals surface area contributed by atoms with E-state index >= 15 is 0 Å². The van der Waals surface area contributed by atoms with Crippen LogP contribution in [0.15, 0.2) is 16.3 Å². The molecule has 0 saturated heterocycles. The maximum Gasteiger partial charge on any atom is 0.416 e. The Labute approximate surface area is 202 Å². The predicted octanol–water partition coefficient (Wildman–Crippen LogP) is 7.57. The van der Waals surface area contributed by atoms with E-state index in [-0.39, 0.29) is 18.2 Å². The predicted molar refractivity (Wildman–Crippen MR) is 102 cm³/mol. The molecule has 0 fully saturated rings. The molecule has 0 aliphatic heterocycles. The minimum atomic E-state index is -7.17. The summed E-state index contributed by atoms with van der Waals surface area (Å²) in [7, 11) is 0. The molecule has 0 aromatic rings. The fourth-order valence-electron chi connectivity index (χ4n) is 4.83. The number of nitrogens with zero attached hydrogens (tertiary/aromatic N) is 4. The molecule has 0 saturated carbocycles. The number of nitriles is 3. The minimum Gasteiger partial charge on any atom is -0.259 e. The molecule has 206 valence electrons. The molecule has 0 heterocycles. The molecule has 3 atom stereocenters. The maximum absolute atomic E-state index is 14.5. The number of hydrogen-bond acceptors (Lipinski definition) is 4. The van der Waals surface area contributed by atoms with Crippen LogP contribution in [-0.2, 0) is 0 Å². The zero-order valence-corrected chi connectivity index (χ0v) is 19.8. The van der Waals surface area contributed by atoms with Crippen molar-refractivity contribution in [3.8, 4) is 18.2 Å². The lowest BCUT2D eigenvalue weighted by Gasteiger charge is -2.46. The van der Waals surface area contributed by atoms with Crippen molar-refractivity contribution >= 4 is 5.71 Å². The van der Waals surface area contributed by atoms with Gasteiger partial charge in [-0.05, 0) is 0 Å². The van der Waals surface area contributed by atoms with Crippen LogP contribution in [0.1, 0.15) is 41.5 Å². The van der Waals surface area contributed by atoms with Crippen LogP contribution in [0.5, 0.6) is 0 Å². The molecule has 37 heavy (non-hydrogen) atoms. The molecule has 16 heteroatoms. The standard InChI is InChI=1S/C21H18F12N4/c1-13(2,3)12(14(4,5)6)37-11-10(18(22,23)24)15(7-34,19(25,26)27)17(9-36,21(31,32)33)16(11,8-35)20(28,29)30/h1-6H3/t15-,16-,17-/m0/s1. The van der Waals surface area contributed by atoms with Crippen molar-refractivity contribution in [2.75, 3.05) is 0 Å². The second-order valence-electron chi connectivity index (χ2n) is 10.3. The van der Waals surface area contributed by atoms with Gasteiger partial charge in [0.05, 0.1) is 29.5 Å². The fraction of sp³-hybridized carbons (Fsp3) is 0.714. The summed E-state index contributed by atoms with van der Waals surface area (Å²) < 4.78 is 173. The van der Waals surface area contributed by atoms with Crippen molar-refractivity contribution in [3.63, 3.8) is 0 Å². The van der Waals surface area contributed by atoms with Crippen LogP contribution in [0, 0.1) is 61.1 Å². The van der Waals surface area contributed by atoms with Gasteiger partial charge in [-0.3, -0.25) is 4.99 Å². The number of rotatable bonds is 1. The van der Waals surface area contributed by atoms with Gasteiger partial charge in [0.15, 0.2) is 0 Å². The topological polar surface area (TPSA) is 83.7 Å². The molecule has 0 aromatic carbocycles. The van der Waals surface area contributed by atoms with Crippen molar-refractivity contribution in [2.45, 2.75) is 66.2 Å². The van der Waals surface area contributed by atoms with E-state index in [9.17, 15) is 68.5 Å². The first-order chi connectivity index (χ1) is 16.0. The molecule has 0 spiro atoms. The molecule has 0 aromatic heterocycles. The van der Waals surface area contributed by atoms with Gasteiger partial charge in [-0.1, -0.05) is 41.5 Å². The van der Waals surface area contributed by atoms with Gasteiger partial charge in [0.2, 0.25) is 16.2 Å². The Bertz CT molecular complexity index is 1120. The van der Waals surface area contributed by atoms with Gasteiger partial charge in [-0.25, -0.2) is 0 Å². The summed E-state index contributed by atoms with van der Waals surface area (Å²) in [4.78, 5) is 3.10. The summed E-state index contributed by atoms with van der Waals surface area (Å²) in [5.41, 5.74) is -29.3. The normalized spacial score (nSPS) is 27.9.